The highest BCUT2D eigenvalue weighted by Gasteiger charge is 2.36. The van der Waals surface area contributed by atoms with Crippen LogP contribution >= 0.6 is 11.3 Å². The molecule has 1 unspecified atom stereocenters. The van der Waals surface area contributed by atoms with Crippen LogP contribution in [0.3, 0.4) is 0 Å². The van der Waals surface area contributed by atoms with E-state index in [9.17, 15) is 5.11 Å². The van der Waals surface area contributed by atoms with E-state index in [1.54, 1.807) is 0 Å². The lowest BCUT2D eigenvalue weighted by atomic mass is 9.82. The lowest BCUT2D eigenvalue weighted by Gasteiger charge is -2.37. The number of rotatable bonds is 3. The van der Waals surface area contributed by atoms with Gasteiger partial charge in [0.1, 0.15) is 0 Å². The molecular weight excluding hydrogens is 392 g/mol. The van der Waals surface area contributed by atoms with Crippen LogP contribution in [0.4, 0.5) is 10.8 Å². The van der Waals surface area contributed by atoms with Gasteiger partial charge < -0.3 is 9.67 Å². The predicted molar refractivity (Wildman–Crippen MR) is 122 cm³/mol. The first-order valence-corrected chi connectivity index (χ1v) is 11.0. The molecule has 1 aliphatic rings. The molecule has 0 spiro atoms. The Labute approximate surface area is 179 Å². The minimum absolute atomic E-state index is 0.182. The number of aromatic nitrogens is 2. The third-order valence-corrected chi connectivity index (χ3v) is 6.77. The summed E-state index contributed by atoms with van der Waals surface area (Å²) in [6.45, 7) is 8.65. The van der Waals surface area contributed by atoms with Crippen LogP contribution in [0, 0.1) is 6.92 Å². The molecule has 4 aromatic rings. The zero-order valence-corrected chi connectivity index (χ0v) is 18.4. The van der Waals surface area contributed by atoms with Crippen molar-refractivity contribution in [1.29, 1.82) is 0 Å². The second-order valence-corrected chi connectivity index (χ2v) is 9.54. The molecule has 0 saturated carbocycles. The molecular formula is C24H24N4OS. The summed E-state index contributed by atoms with van der Waals surface area (Å²) in [5.41, 5.74) is 5.69. The van der Waals surface area contributed by atoms with Crippen LogP contribution < -0.4 is 0 Å². The summed E-state index contributed by atoms with van der Waals surface area (Å²) >= 11 is 1.45. The third-order valence-electron chi connectivity index (χ3n) is 6.04. The van der Waals surface area contributed by atoms with Gasteiger partial charge in [0.2, 0.25) is 11.0 Å². The molecule has 0 amide bonds. The summed E-state index contributed by atoms with van der Waals surface area (Å²) in [5.74, 6) is 0.600. The smallest absolute Gasteiger partial charge is 0.230 e. The molecule has 5 rings (SSSR count). The number of hydrogen-bond donors (Lipinski definition) is 1. The van der Waals surface area contributed by atoms with Crippen molar-refractivity contribution in [3.05, 3.63) is 59.0 Å². The van der Waals surface area contributed by atoms with E-state index in [-0.39, 0.29) is 11.4 Å². The molecule has 0 aliphatic carbocycles. The molecule has 0 radical (unpaired) electrons. The van der Waals surface area contributed by atoms with Crippen LogP contribution in [0.5, 0.6) is 5.88 Å². The lowest BCUT2D eigenvalue weighted by Crippen LogP contribution is -2.31. The van der Waals surface area contributed by atoms with E-state index < -0.39 is 0 Å². The van der Waals surface area contributed by atoms with Gasteiger partial charge in [-0.05, 0) is 44.2 Å². The van der Waals surface area contributed by atoms with E-state index in [2.05, 4.69) is 55.0 Å². The average Bonchev–Trinajstić information content (AvgIpc) is 3.29. The van der Waals surface area contributed by atoms with E-state index in [1.807, 2.05) is 40.3 Å². The summed E-state index contributed by atoms with van der Waals surface area (Å²) in [6.07, 6.45) is 0.962. The van der Waals surface area contributed by atoms with Gasteiger partial charge in [0.25, 0.3) is 0 Å². The van der Waals surface area contributed by atoms with E-state index in [0.717, 1.165) is 34.1 Å². The van der Waals surface area contributed by atoms with Crippen molar-refractivity contribution in [2.24, 2.45) is 10.2 Å². The van der Waals surface area contributed by atoms with Crippen molar-refractivity contribution in [2.45, 2.75) is 45.6 Å². The quantitative estimate of drug-likeness (QED) is 0.353. The topological polar surface area (TPSA) is 62.8 Å². The van der Waals surface area contributed by atoms with E-state index in [1.165, 1.54) is 16.9 Å². The summed E-state index contributed by atoms with van der Waals surface area (Å²) in [5, 5.41) is 23.6. The normalized spacial score (nSPS) is 17.8. The molecule has 0 bridgehead atoms. The molecule has 1 aliphatic heterocycles. The fourth-order valence-corrected chi connectivity index (χ4v) is 5.39. The Balaban J connectivity index is 1.63. The maximum atomic E-state index is 11.2. The number of aromatic hydroxyl groups is 1. The van der Waals surface area contributed by atoms with Gasteiger partial charge in [0, 0.05) is 21.9 Å². The van der Waals surface area contributed by atoms with Gasteiger partial charge in [0.15, 0.2) is 5.69 Å². The monoisotopic (exact) mass is 416 g/mol. The van der Waals surface area contributed by atoms with Crippen LogP contribution in [-0.4, -0.2) is 14.7 Å². The standard InChI is InChI=1S/C24H24N4OS/c1-14-10-11-17-15(2)12-24(3,4)28-21(17)19(14)20(22(28)29)26-27-23-25-18(13-30-23)16-8-6-5-7-9-16/h5-11,13,15,29H,12H2,1-4H3. The molecule has 2 aromatic carbocycles. The summed E-state index contributed by atoms with van der Waals surface area (Å²) in [7, 11) is 0. The maximum Gasteiger partial charge on any atom is 0.230 e. The highest BCUT2D eigenvalue weighted by atomic mass is 32.1. The number of aryl methyl sites for hydroxylation is 1. The van der Waals surface area contributed by atoms with Crippen LogP contribution in [0.2, 0.25) is 0 Å². The minimum Gasteiger partial charge on any atom is -0.493 e. The highest BCUT2D eigenvalue weighted by molar-refractivity contribution is 7.13. The SMILES string of the molecule is Cc1ccc2c3c1c(N=Nc1nc(-c4ccccc4)cs1)c(O)n3C(C)(C)CC2C. The minimum atomic E-state index is -0.196. The van der Waals surface area contributed by atoms with E-state index >= 15 is 0 Å². The summed E-state index contributed by atoms with van der Waals surface area (Å²) < 4.78 is 2.04. The maximum absolute atomic E-state index is 11.2. The Morgan fingerprint density at radius 2 is 1.90 bits per heavy atom. The predicted octanol–water partition coefficient (Wildman–Crippen LogP) is 7.44. The summed E-state index contributed by atoms with van der Waals surface area (Å²) in [6, 6.07) is 14.3. The molecule has 1 atom stereocenters. The van der Waals surface area contributed by atoms with Crippen LogP contribution in [0.15, 0.2) is 58.1 Å². The zero-order valence-electron chi connectivity index (χ0n) is 17.5. The Bertz CT molecular complexity index is 1280. The number of azo groups is 1. The Morgan fingerprint density at radius 1 is 1.13 bits per heavy atom. The van der Waals surface area contributed by atoms with Crippen LogP contribution in [-0.2, 0) is 5.54 Å². The van der Waals surface area contributed by atoms with Gasteiger partial charge in [-0.25, -0.2) is 4.98 Å². The molecule has 30 heavy (non-hydrogen) atoms. The fraction of sp³-hybridized carbons (Fsp3) is 0.292. The molecule has 0 saturated heterocycles. The Morgan fingerprint density at radius 3 is 2.67 bits per heavy atom. The van der Waals surface area contributed by atoms with Gasteiger partial charge in [-0.3, -0.25) is 0 Å². The van der Waals surface area contributed by atoms with Crippen molar-refractivity contribution in [1.82, 2.24) is 9.55 Å². The van der Waals surface area contributed by atoms with Crippen molar-refractivity contribution < 1.29 is 5.11 Å². The van der Waals surface area contributed by atoms with Gasteiger partial charge in [-0.2, -0.15) is 0 Å². The fourth-order valence-electron chi connectivity index (χ4n) is 4.75. The van der Waals surface area contributed by atoms with Crippen LogP contribution in [0.25, 0.3) is 22.2 Å². The molecule has 1 N–H and O–H groups in total. The Kier molecular flexibility index (Phi) is 4.29. The summed E-state index contributed by atoms with van der Waals surface area (Å²) in [4.78, 5) is 4.59. The first-order valence-electron chi connectivity index (χ1n) is 10.2. The number of nitrogens with zero attached hydrogens (tertiary/aromatic N) is 4. The molecule has 0 fully saturated rings. The van der Waals surface area contributed by atoms with Gasteiger partial charge in [-0.15, -0.1) is 21.6 Å². The van der Waals surface area contributed by atoms with Gasteiger partial charge in [-0.1, -0.05) is 49.4 Å². The van der Waals surface area contributed by atoms with Gasteiger partial charge >= 0.3 is 0 Å². The number of thiazole rings is 1. The van der Waals surface area contributed by atoms with Crippen molar-refractivity contribution >= 4 is 33.1 Å². The largest absolute Gasteiger partial charge is 0.493 e. The second-order valence-electron chi connectivity index (χ2n) is 8.70. The number of hydrogen-bond acceptors (Lipinski definition) is 5. The van der Waals surface area contributed by atoms with Crippen molar-refractivity contribution in [3.63, 3.8) is 0 Å². The lowest BCUT2D eigenvalue weighted by molar-refractivity contribution is 0.267. The Hall–Kier alpha value is -2.99. The van der Waals surface area contributed by atoms with Crippen molar-refractivity contribution in [3.8, 4) is 17.1 Å². The van der Waals surface area contributed by atoms with E-state index in [0.29, 0.717) is 16.7 Å². The van der Waals surface area contributed by atoms with Gasteiger partial charge in [0.05, 0.1) is 11.2 Å². The number of benzene rings is 2. The first-order chi connectivity index (χ1) is 14.4. The van der Waals surface area contributed by atoms with Crippen molar-refractivity contribution in [2.75, 3.05) is 0 Å². The molecule has 2 aromatic heterocycles. The van der Waals surface area contributed by atoms with E-state index in [4.69, 9.17) is 0 Å². The molecule has 3 heterocycles. The molecule has 152 valence electrons. The van der Waals surface area contributed by atoms with Crippen LogP contribution in [0.1, 0.15) is 44.2 Å². The average molecular weight is 417 g/mol. The molecule has 5 nitrogen and oxygen atoms in total. The molecule has 6 heteroatoms. The zero-order chi connectivity index (χ0) is 21.0. The second kappa shape index (κ2) is 6.77. The highest BCUT2D eigenvalue weighted by Crippen LogP contribution is 2.51. The first kappa shape index (κ1) is 19.0. The third kappa shape index (κ3) is 2.86.